The number of hydrogen-bond acceptors (Lipinski definition) is 4. The lowest BCUT2D eigenvalue weighted by Crippen LogP contribution is -2.42. The van der Waals surface area contributed by atoms with Gasteiger partial charge >= 0.3 is 0 Å². The van der Waals surface area contributed by atoms with Crippen LogP contribution in [0, 0.1) is 0 Å². The smallest absolute Gasteiger partial charge is 0.224 e. The molecule has 0 atom stereocenters. The quantitative estimate of drug-likeness (QED) is 0.573. The molecular weight excluding hydrogens is 384 g/mol. The molecule has 3 aromatic rings. The SMILES string of the molecule is O=C(CCc1ccccc1)Nc1ccc(N2CCC(NCc3ccncc3)CC2)cc1. The van der Waals surface area contributed by atoms with Gasteiger partial charge in [0.2, 0.25) is 5.91 Å². The van der Waals surface area contributed by atoms with Crippen molar-refractivity contribution in [1.82, 2.24) is 10.3 Å². The zero-order valence-electron chi connectivity index (χ0n) is 17.8. The molecule has 0 bridgehead atoms. The molecule has 1 amide bonds. The maximum atomic E-state index is 12.2. The second kappa shape index (κ2) is 10.7. The van der Waals surface area contributed by atoms with Crippen molar-refractivity contribution in [3.05, 3.63) is 90.3 Å². The molecule has 2 heterocycles. The number of nitrogens with one attached hydrogen (secondary N) is 2. The Morgan fingerprint density at radius 1 is 0.903 bits per heavy atom. The van der Waals surface area contributed by atoms with Crippen molar-refractivity contribution in [2.75, 3.05) is 23.3 Å². The first-order valence-electron chi connectivity index (χ1n) is 11.1. The van der Waals surface area contributed by atoms with Crippen LogP contribution in [0.3, 0.4) is 0 Å². The Kier molecular flexibility index (Phi) is 7.29. The molecule has 1 aliphatic rings. The summed E-state index contributed by atoms with van der Waals surface area (Å²) in [6, 6.07) is 23.0. The molecular formula is C26H30N4O. The van der Waals surface area contributed by atoms with Crippen LogP contribution >= 0.6 is 0 Å². The fourth-order valence-electron chi connectivity index (χ4n) is 3.99. The molecule has 1 saturated heterocycles. The summed E-state index contributed by atoms with van der Waals surface area (Å²) >= 11 is 0. The second-order valence-electron chi connectivity index (χ2n) is 8.08. The van der Waals surface area contributed by atoms with Gasteiger partial charge in [0.15, 0.2) is 0 Å². The summed E-state index contributed by atoms with van der Waals surface area (Å²) in [6.45, 7) is 2.97. The van der Waals surface area contributed by atoms with Crippen molar-refractivity contribution in [3.63, 3.8) is 0 Å². The van der Waals surface area contributed by atoms with Gasteiger partial charge in [-0.25, -0.2) is 0 Å². The summed E-state index contributed by atoms with van der Waals surface area (Å²) in [6.07, 6.45) is 7.19. The molecule has 4 rings (SSSR count). The number of benzene rings is 2. The number of pyridine rings is 1. The minimum atomic E-state index is 0.0534. The van der Waals surface area contributed by atoms with Gasteiger partial charge in [0.05, 0.1) is 0 Å². The summed E-state index contributed by atoms with van der Waals surface area (Å²) < 4.78 is 0. The second-order valence-corrected chi connectivity index (χ2v) is 8.08. The first-order chi connectivity index (χ1) is 15.3. The van der Waals surface area contributed by atoms with Crippen LogP contribution < -0.4 is 15.5 Å². The van der Waals surface area contributed by atoms with Crippen molar-refractivity contribution in [2.45, 2.75) is 38.3 Å². The molecule has 5 nitrogen and oxygen atoms in total. The fourth-order valence-corrected chi connectivity index (χ4v) is 3.99. The zero-order valence-corrected chi connectivity index (χ0v) is 17.8. The van der Waals surface area contributed by atoms with E-state index in [1.807, 2.05) is 42.7 Å². The molecule has 1 aromatic heterocycles. The van der Waals surface area contributed by atoms with Gasteiger partial charge in [0.25, 0.3) is 0 Å². The highest BCUT2D eigenvalue weighted by molar-refractivity contribution is 5.91. The summed E-state index contributed by atoms with van der Waals surface area (Å²) in [7, 11) is 0. The highest BCUT2D eigenvalue weighted by Crippen LogP contribution is 2.22. The molecule has 2 N–H and O–H groups in total. The molecule has 0 unspecified atom stereocenters. The summed E-state index contributed by atoms with van der Waals surface area (Å²) in [4.78, 5) is 18.7. The number of piperidine rings is 1. The molecule has 160 valence electrons. The summed E-state index contributed by atoms with van der Waals surface area (Å²) in [5.41, 5.74) is 4.54. The lowest BCUT2D eigenvalue weighted by Gasteiger charge is -2.34. The molecule has 1 fully saturated rings. The Balaban J connectivity index is 1.20. The minimum Gasteiger partial charge on any atom is -0.371 e. The van der Waals surface area contributed by atoms with E-state index in [0.717, 1.165) is 44.6 Å². The topological polar surface area (TPSA) is 57.3 Å². The van der Waals surface area contributed by atoms with Gasteiger partial charge in [0.1, 0.15) is 0 Å². The number of hydrogen-bond donors (Lipinski definition) is 2. The third kappa shape index (κ3) is 6.40. The van der Waals surface area contributed by atoms with E-state index in [-0.39, 0.29) is 5.91 Å². The Morgan fingerprint density at radius 2 is 1.61 bits per heavy atom. The molecule has 0 radical (unpaired) electrons. The summed E-state index contributed by atoms with van der Waals surface area (Å²) in [5, 5.41) is 6.67. The fraction of sp³-hybridized carbons (Fsp3) is 0.308. The van der Waals surface area contributed by atoms with Crippen molar-refractivity contribution in [1.29, 1.82) is 0 Å². The number of aryl methyl sites for hydroxylation is 1. The number of carbonyl (C=O) groups excluding carboxylic acids is 1. The number of amides is 1. The third-order valence-electron chi connectivity index (χ3n) is 5.84. The van der Waals surface area contributed by atoms with E-state index < -0.39 is 0 Å². The van der Waals surface area contributed by atoms with Crippen LogP contribution in [0.2, 0.25) is 0 Å². The van der Waals surface area contributed by atoms with Crippen molar-refractivity contribution in [2.24, 2.45) is 0 Å². The number of anilines is 2. The molecule has 0 saturated carbocycles. The maximum Gasteiger partial charge on any atom is 0.224 e. The number of nitrogens with zero attached hydrogens (tertiary/aromatic N) is 2. The molecule has 5 heteroatoms. The average Bonchev–Trinajstić information content (AvgIpc) is 2.84. The highest BCUT2D eigenvalue weighted by atomic mass is 16.1. The van der Waals surface area contributed by atoms with Gasteiger partial charge < -0.3 is 15.5 Å². The van der Waals surface area contributed by atoms with Crippen LogP contribution in [-0.4, -0.2) is 30.0 Å². The van der Waals surface area contributed by atoms with E-state index in [9.17, 15) is 4.79 Å². The number of rotatable bonds is 8. The molecule has 2 aromatic carbocycles. The van der Waals surface area contributed by atoms with Gasteiger partial charge in [-0.3, -0.25) is 9.78 Å². The molecule has 0 spiro atoms. The molecule has 0 aliphatic carbocycles. The Labute approximate surface area is 184 Å². The van der Waals surface area contributed by atoms with Crippen LogP contribution in [0.5, 0.6) is 0 Å². The van der Waals surface area contributed by atoms with E-state index in [1.165, 1.54) is 16.8 Å². The predicted octanol–water partition coefficient (Wildman–Crippen LogP) is 4.41. The highest BCUT2D eigenvalue weighted by Gasteiger charge is 2.19. The van der Waals surface area contributed by atoms with Crippen LogP contribution in [0.1, 0.15) is 30.4 Å². The van der Waals surface area contributed by atoms with Gasteiger partial charge in [-0.05, 0) is 66.8 Å². The van der Waals surface area contributed by atoms with Crippen LogP contribution in [0.15, 0.2) is 79.1 Å². The average molecular weight is 415 g/mol. The van der Waals surface area contributed by atoms with Crippen LogP contribution in [-0.2, 0) is 17.8 Å². The summed E-state index contributed by atoms with van der Waals surface area (Å²) in [5.74, 6) is 0.0534. The minimum absolute atomic E-state index is 0.0534. The van der Waals surface area contributed by atoms with Crippen LogP contribution in [0.4, 0.5) is 11.4 Å². The van der Waals surface area contributed by atoms with Crippen molar-refractivity contribution in [3.8, 4) is 0 Å². The first kappa shape index (κ1) is 21.1. The van der Waals surface area contributed by atoms with Crippen LogP contribution in [0.25, 0.3) is 0 Å². The predicted molar refractivity (Wildman–Crippen MR) is 126 cm³/mol. The number of carbonyl (C=O) groups is 1. The normalized spacial score (nSPS) is 14.4. The third-order valence-corrected chi connectivity index (χ3v) is 5.84. The molecule has 31 heavy (non-hydrogen) atoms. The van der Waals surface area contributed by atoms with E-state index >= 15 is 0 Å². The number of aromatic nitrogens is 1. The van der Waals surface area contributed by atoms with Gasteiger partial charge in [0, 0.05) is 55.9 Å². The van der Waals surface area contributed by atoms with Gasteiger partial charge in [-0.2, -0.15) is 0 Å². The standard InChI is InChI=1S/C26H30N4O/c31-26(11-6-21-4-2-1-3-5-21)29-24-7-9-25(10-8-24)30-18-14-23(15-19-30)28-20-22-12-16-27-17-13-22/h1-5,7-10,12-13,16-17,23,28H,6,11,14-15,18-20H2,(H,29,31). The first-order valence-corrected chi connectivity index (χ1v) is 11.1. The van der Waals surface area contributed by atoms with E-state index in [2.05, 4.69) is 56.9 Å². The molecule has 1 aliphatic heterocycles. The van der Waals surface area contributed by atoms with E-state index in [1.54, 1.807) is 0 Å². The lowest BCUT2D eigenvalue weighted by molar-refractivity contribution is -0.116. The Morgan fingerprint density at radius 3 is 2.32 bits per heavy atom. The zero-order chi connectivity index (χ0) is 21.3. The maximum absolute atomic E-state index is 12.2. The monoisotopic (exact) mass is 414 g/mol. The lowest BCUT2D eigenvalue weighted by atomic mass is 10.0. The van der Waals surface area contributed by atoms with Crippen molar-refractivity contribution < 1.29 is 4.79 Å². The van der Waals surface area contributed by atoms with Crippen molar-refractivity contribution >= 4 is 17.3 Å². The Bertz CT molecular complexity index is 936. The van der Waals surface area contributed by atoms with E-state index in [4.69, 9.17) is 0 Å². The largest absolute Gasteiger partial charge is 0.371 e. The van der Waals surface area contributed by atoms with Gasteiger partial charge in [-0.1, -0.05) is 30.3 Å². The van der Waals surface area contributed by atoms with E-state index in [0.29, 0.717) is 12.5 Å². The van der Waals surface area contributed by atoms with Gasteiger partial charge in [-0.15, -0.1) is 0 Å². The Hall–Kier alpha value is -3.18.